The first-order chi connectivity index (χ1) is 9.09. The summed E-state index contributed by atoms with van der Waals surface area (Å²) >= 11 is 1.43. The van der Waals surface area contributed by atoms with Gasteiger partial charge in [-0.05, 0) is 30.2 Å². The number of thiophene rings is 1. The van der Waals surface area contributed by atoms with Gasteiger partial charge in [-0.25, -0.2) is 0 Å². The highest BCUT2D eigenvalue weighted by molar-refractivity contribution is 7.12. The summed E-state index contributed by atoms with van der Waals surface area (Å²) < 4.78 is 0. The van der Waals surface area contributed by atoms with Crippen LogP contribution in [0.1, 0.15) is 36.4 Å². The number of carbonyl (C=O) groups excluding carboxylic acids is 2. The van der Waals surface area contributed by atoms with Crippen molar-refractivity contribution in [3.63, 3.8) is 0 Å². The number of carbonyl (C=O) groups is 2. The van der Waals surface area contributed by atoms with Gasteiger partial charge in [-0.2, -0.15) is 0 Å². The van der Waals surface area contributed by atoms with E-state index in [-0.39, 0.29) is 17.9 Å². The van der Waals surface area contributed by atoms with E-state index in [0.717, 1.165) is 12.8 Å². The fraction of sp³-hybridized carbons (Fsp3) is 0.571. The van der Waals surface area contributed by atoms with Crippen LogP contribution in [0.3, 0.4) is 0 Å². The minimum Gasteiger partial charge on any atom is -0.354 e. The zero-order valence-electron chi connectivity index (χ0n) is 11.4. The van der Waals surface area contributed by atoms with E-state index in [1.165, 1.54) is 11.3 Å². The topological polar surface area (TPSA) is 49.4 Å². The molecule has 0 aromatic carbocycles. The largest absolute Gasteiger partial charge is 0.354 e. The van der Waals surface area contributed by atoms with Gasteiger partial charge >= 0.3 is 0 Å². The van der Waals surface area contributed by atoms with Crippen molar-refractivity contribution in [2.24, 2.45) is 5.92 Å². The molecule has 1 aliphatic heterocycles. The second-order valence-corrected chi connectivity index (χ2v) is 6.22. The molecule has 4 nitrogen and oxygen atoms in total. The number of hydrogen-bond donors (Lipinski definition) is 1. The summed E-state index contributed by atoms with van der Waals surface area (Å²) in [7, 11) is 0. The average molecular weight is 280 g/mol. The number of rotatable bonds is 4. The second kappa shape index (κ2) is 6.19. The van der Waals surface area contributed by atoms with Crippen molar-refractivity contribution >= 4 is 23.2 Å². The number of likely N-dealkylation sites (tertiary alicyclic amines) is 1. The van der Waals surface area contributed by atoms with Gasteiger partial charge in [-0.15, -0.1) is 11.3 Å². The molecule has 2 amide bonds. The Balaban J connectivity index is 2.00. The van der Waals surface area contributed by atoms with Crippen LogP contribution in [0.5, 0.6) is 0 Å². The van der Waals surface area contributed by atoms with Gasteiger partial charge in [0.15, 0.2) is 0 Å². The Labute approximate surface area is 117 Å². The van der Waals surface area contributed by atoms with Crippen LogP contribution in [0.4, 0.5) is 0 Å². The van der Waals surface area contributed by atoms with E-state index in [9.17, 15) is 9.59 Å². The van der Waals surface area contributed by atoms with Crippen molar-refractivity contribution in [1.29, 1.82) is 0 Å². The molecule has 1 atom stereocenters. The standard InChI is InChI=1S/C14H20N2O2S/c1-10(2)9-15-13(17)11-5-3-7-16(11)14(18)12-6-4-8-19-12/h4,6,8,10-11H,3,5,7,9H2,1-2H3,(H,15,17)/t11-/m1/s1. The van der Waals surface area contributed by atoms with Gasteiger partial charge in [0, 0.05) is 13.1 Å². The smallest absolute Gasteiger partial charge is 0.264 e. The van der Waals surface area contributed by atoms with Gasteiger partial charge in [-0.3, -0.25) is 9.59 Å². The summed E-state index contributed by atoms with van der Waals surface area (Å²) in [6.07, 6.45) is 1.66. The zero-order chi connectivity index (χ0) is 13.8. The van der Waals surface area contributed by atoms with Crippen LogP contribution in [0.25, 0.3) is 0 Å². The van der Waals surface area contributed by atoms with Gasteiger partial charge in [0.2, 0.25) is 5.91 Å². The van der Waals surface area contributed by atoms with Gasteiger partial charge in [0.25, 0.3) is 5.91 Å². The van der Waals surface area contributed by atoms with Crippen LogP contribution in [0, 0.1) is 5.92 Å². The Morgan fingerprint density at radius 1 is 1.53 bits per heavy atom. The molecule has 0 radical (unpaired) electrons. The summed E-state index contributed by atoms with van der Waals surface area (Å²) in [6, 6.07) is 3.38. The average Bonchev–Trinajstić information content (AvgIpc) is 3.05. The molecular formula is C14H20N2O2S. The van der Waals surface area contributed by atoms with Gasteiger partial charge in [0.1, 0.15) is 6.04 Å². The van der Waals surface area contributed by atoms with Gasteiger partial charge in [0.05, 0.1) is 4.88 Å². The van der Waals surface area contributed by atoms with Gasteiger partial charge in [-0.1, -0.05) is 19.9 Å². The molecule has 1 aliphatic rings. The molecule has 1 aromatic rings. The predicted molar refractivity (Wildman–Crippen MR) is 76.2 cm³/mol. The molecule has 2 rings (SSSR count). The Morgan fingerprint density at radius 2 is 2.32 bits per heavy atom. The van der Waals surface area contributed by atoms with E-state index in [1.54, 1.807) is 4.90 Å². The second-order valence-electron chi connectivity index (χ2n) is 5.27. The van der Waals surface area contributed by atoms with Crippen LogP contribution >= 0.6 is 11.3 Å². The Bertz CT molecular complexity index is 442. The summed E-state index contributed by atoms with van der Waals surface area (Å²) in [6.45, 7) is 5.46. The maximum absolute atomic E-state index is 12.3. The Hall–Kier alpha value is -1.36. The predicted octanol–water partition coefficient (Wildman–Crippen LogP) is 2.12. The van der Waals surface area contributed by atoms with Crippen LogP contribution in [0.15, 0.2) is 17.5 Å². The third-order valence-electron chi connectivity index (χ3n) is 3.23. The molecule has 1 N–H and O–H groups in total. The highest BCUT2D eigenvalue weighted by Gasteiger charge is 2.34. The maximum atomic E-state index is 12.3. The van der Waals surface area contributed by atoms with Crippen LogP contribution in [-0.2, 0) is 4.79 Å². The molecule has 19 heavy (non-hydrogen) atoms. The van der Waals surface area contributed by atoms with E-state index >= 15 is 0 Å². The summed E-state index contributed by atoms with van der Waals surface area (Å²) in [4.78, 5) is 26.9. The number of nitrogens with zero attached hydrogens (tertiary/aromatic N) is 1. The normalized spacial score (nSPS) is 18.9. The minimum atomic E-state index is -0.298. The first-order valence-corrected chi connectivity index (χ1v) is 7.59. The zero-order valence-corrected chi connectivity index (χ0v) is 12.2. The van der Waals surface area contributed by atoms with E-state index in [2.05, 4.69) is 19.2 Å². The summed E-state index contributed by atoms with van der Waals surface area (Å²) in [5.41, 5.74) is 0. The van der Waals surface area contributed by atoms with Crippen molar-refractivity contribution in [3.05, 3.63) is 22.4 Å². The fourth-order valence-corrected chi connectivity index (χ4v) is 2.93. The van der Waals surface area contributed by atoms with E-state index < -0.39 is 0 Å². The first-order valence-electron chi connectivity index (χ1n) is 6.71. The van der Waals surface area contributed by atoms with Crippen molar-refractivity contribution in [2.45, 2.75) is 32.7 Å². The molecule has 0 spiro atoms. The van der Waals surface area contributed by atoms with Crippen LogP contribution < -0.4 is 5.32 Å². The Kier molecular flexibility index (Phi) is 4.58. The van der Waals surface area contributed by atoms with Crippen molar-refractivity contribution in [2.75, 3.05) is 13.1 Å². The molecule has 104 valence electrons. The molecule has 0 saturated carbocycles. The SMILES string of the molecule is CC(C)CNC(=O)[C@H]1CCCN1C(=O)c1cccs1. The van der Waals surface area contributed by atoms with Crippen molar-refractivity contribution < 1.29 is 9.59 Å². The van der Waals surface area contributed by atoms with Crippen LogP contribution in [-0.4, -0.2) is 35.8 Å². The van der Waals surface area contributed by atoms with E-state index in [1.807, 2.05) is 17.5 Å². The van der Waals surface area contributed by atoms with Crippen molar-refractivity contribution in [3.8, 4) is 0 Å². The third kappa shape index (κ3) is 3.35. The lowest BCUT2D eigenvalue weighted by Gasteiger charge is -2.23. The Morgan fingerprint density at radius 3 is 2.95 bits per heavy atom. The lowest BCUT2D eigenvalue weighted by Crippen LogP contribution is -2.46. The minimum absolute atomic E-state index is 0.0165. The number of nitrogens with one attached hydrogen (secondary N) is 1. The van der Waals surface area contributed by atoms with Crippen LogP contribution in [0.2, 0.25) is 0 Å². The highest BCUT2D eigenvalue weighted by atomic mass is 32.1. The molecule has 1 saturated heterocycles. The monoisotopic (exact) mass is 280 g/mol. The third-order valence-corrected chi connectivity index (χ3v) is 4.09. The number of hydrogen-bond acceptors (Lipinski definition) is 3. The molecular weight excluding hydrogens is 260 g/mol. The lowest BCUT2D eigenvalue weighted by molar-refractivity contribution is -0.125. The fourth-order valence-electron chi connectivity index (χ4n) is 2.25. The summed E-state index contributed by atoms with van der Waals surface area (Å²) in [5, 5.41) is 4.81. The van der Waals surface area contributed by atoms with E-state index in [0.29, 0.717) is 23.9 Å². The molecule has 5 heteroatoms. The maximum Gasteiger partial charge on any atom is 0.264 e. The quantitative estimate of drug-likeness (QED) is 0.918. The van der Waals surface area contributed by atoms with E-state index in [4.69, 9.17) is 0 Å². The molecule has 0 unspecified atom stereocenters. The lowest BCUT2D eigenvalue weighted by atomic mass is 10.1. The highest BCUT2D eigenvalue weighted by Crippen LogP contribution is 2.22. The molecule has 0 aliphatic carbocycles. The first kappa shape index (κ1) is 14.1. The summed E-state index contributed by atoms with van der Waals surface area (Å²) in [5.74, 6) is 0.389. The number of amides is 2. The van der Waals surface area contributed by atoms with Crippen molar-refractivity contribution in [1.82, 2.24) is 10.2 Å². The molecule has 0 bridgehead atoms. The van der Waals surface area contributed by atoms with Gasteiger partial charge < -0.3 is 10.2 Å². The molecule has 1 fully saturated rings. The molecule has 1 aromatic heterocycles. The molecule has 2 heterocycles.